The fourth-order valence-electron chi connectivity index (χ4n) is 7.36. The molecule has 1 fully saturated rings. The third-order valence-electron chi connectivity index (χ3n) is 8.42. The molecule has 0 unspecified atom stereocenters. The van der Waals surface area contributed by atoms with Crippen molar-refractivity contribution >= 4 is 62.2 Å². The fraction of sp³-hybridized carbons (Fsp3) is 1.00. The van der Waals surface area contributed by atoms with E-state index in [0.717, 1.165) is 22.0 Å². The predicted molar refractivity (Wildman–Crippen MR) is 165 cm³/mol. The van der Waals surface area contributed by atoms with Crippen LogP contribution in [0.4, 0.5) is 0 Å². The molecule has 2 radical (unpaired) electrons. The van der Waals surface area contributed by atoms with Gasteiger partial charge in [-0.05, 0) is 0 Å². The summed E-state index contributed by atoms with van der Waals surface area (Å²) in [6, 6.07) is 0. The Hall–Kier alpha value is 1.88. The van der Waals surface area contributed by atoms with Gasteiger partial charge in [0.05, 0.1) is 8.80 Å². The van der Waals surface area contributed by atoms with E-state index in [1.807, 2.05) is 0 Å². The first kappa shape index (κ1) is 32.9. The Bertz CT molecular complexity index is 471. The van der Waals surface area contributed by atoms with E-state index in [0.29, 0.717) is 0 Å². The van der Waals surface area contributed by atoms with Crippen LogP contribution in [0.3, 0.4) is 0 Å². The van der Waals surface area contributed by atoms with Gasteiger partial charge in [0.1, 0.15) is 0 Å². The molecule has 1 rings (SSSR count). The summed E-state index contributed by atoms with van der Waals surface area (Å²) in [5.74, 6) is 0. The molecule has 0 N–H and O–H groups in total. The molecule has 0 bridgehead atoms. The second-order valence-corrected chi connectivity index (χ2v) is 53.6. The summed E-state index contributed by atoms with van der Waals surface area (Å²) < 4.78 is 1.87. The molecule has 6 heteroatoms. The maximum atomic E-state index is 2.72. The van der Waals surface area contributed by atoms with E-state index in [1.54, 1.807) is 12.8 Å². The molecule has 1 aliphatic heterocycles. The van der Waals surface area contributed by atoms with E-state index in [1.165, 1.54) is 0 Å². The van der Waals surface area contributed by atoms with Crippen LogP contribution >= 0.6 is 0 Å². The van der Waals surface area contributed by atoms with Crippen LogP contribution in [0, 0.1) is 0 Å². The SMILES string of the molecule is CC(C)[Si](C(C)C)C(C)C.C[Si](C)(C)[C]1([Si](C)(C)C)CC[C]([Si](C)(C)C)([Si](C)(C)C)[Sn+]1. The van der Waals surface area contributed by atoms with Gasteiger partial charge in [0.25, 0.3) is 0 Å². The van der Waals surface area contributed by atoms with Crippen molar-refractivity contribution in [3.8, 4) is 0 Å². The zero-order chi connectivity index (χ0) is 25.4. The Morgan fingerprint density at radius 2 is 0.677 bits per heavy atom. The van der Waals surface area contributed by atoms with Crippen molar-refractivity contribution in [3.63, 3.8) is 0 Å². The van der Waals surface area contributed by atoms with Crippen molar-refractivity contribution < 1.29 is 0 Å². The molecule has 1 aliphatic rings. The quantitative estimate of drug-likeness (QED) is 0.249. The molecular weight excluding hydrogens is 559 g/mol. The first-order valence-corrected chi connectivity index (χ1v) is 31.6. The molecule has 1 saturated heterocycles. The Labute approximate surface area is 215 Å². The Morgan fingerprint density at radius 3 is 0.742 bits per heavy atom. The Morgan fingerprint density at radius 1 is 0.484 bits per heavy atom. The number of hydrogen-bond acceptors (Lipinski definition) is 0. The number of rotatable bonds is 7. The van der Waals surface area contributed by atoms with Crippen molar-refractivity contribution in [2.75, 3.05) is 0 Å². The standard InChI is InChI=1S/C16H40Si4.C9H21Si.Sn/c1-17(2,3)15(18(4,5)6)13-14-16(19(7,8)9)20(10,11)12;1-7(2)10(8(3)4)9(5)6;/h13-14H2,1-12H3;7-9H,1-6H3;/q;;+1. The summed E-state index contributed by atoms with van der Waals surface area (Å²) in [5, 5.41) is 0. The summed E-state index contributed by atoms with van der Waals surface area (Å²) in [7, 11) is -4.39. The monoisotopic (exact) mass is 621 g/mol. The molecule has 0 amide bonds. The van der Waals surface area contributed by atoms with Gasteiger partial charge >= 0.3 is 150 Å². The third-order valence-corrected chi connectivity index (χ3v) is 65.6. The molecule has 0 nitrogen and oxygen atoms in total. The van der Waals surface area contributed by atoms with Crippen molar-refractivity contribution in [3.05, 3.63) is 0 Å². The normalized spacial score (nSPS) is 19.7. The van der Waals surface area contributed by atoms with Gasteiger partial charge in [-0.25, -0.2) is 0 Å². The van der Waals surface area contributed by atoms with Gasteiger partial charge in [-0.3, -0.25) is 0 Å². The van der Waals surface area contributed by atoms with Gasteiger partial charge in [0, 0.05) is 0 Å². The minimum absolute atomic E-state index is 0.0957. The van der Waals surface area contributed by atoms with Crippen LogP contribution in [0.1, 0.15) is 54.4 Å². The summed E-state index contributed by atoms with van der Waals surface area (Å²) >= 11 is -0.375. The van der Waals surface area contributed by atoms with Gasteiger partial charge < -0.3 is 0 Å². The summed E-state index contributed by atoms with van der Waals surface area (Å²) in [4.78, 5) is 0. The van der Waals surface area contributed by atoms with Gasteiger partial charge in [-0.15, -0.1) is 0 Å². The van der Waals surface area contributed by atoms with Crippen LogP contribution in [0.15, 0.2) is 0 Å². The first-order valence-electron chi connectivity index (χ1n) is 13.0. The van der Waals surface area contributed by atoms with E-state index < -0.39 is 32.3 Å². The van der Waals surface area contributed by atoms with Crippen molar-refractivity contribution in [1.29, 1.82) is 0 Å². The molecule has 0 aromatic heterocycles. The zero-order valence-corrected chi connectivity index (χ0v) is 33.0. The van der Waals surface area contributed by atoms with Gasteiger partial charge in [-0.1, -0.05) is 58.2 Å². The minimum atomic E-state index is -1.07. The summed E-state index contributed by atoms with van der Waals surface area (Å²) in [6.45, 7) is 46.8. The van der Waals surface area contributed by atoms with Gasteiger partial charge in [0.2, 0.25) is 0 Å². The van der Waals surface area contributed by atoms with E-state index in [2.05, 4.69) is 120 Å². The summed E-state index contributed by atoms with van der Waals surface area (Å²) in [5.41, 5.74) is 2.81. The second kappa shape index (κ2) is 10.9. The molecule has 0 aromatic carbocycles. The molecule has 0 atom stereocenters. The number of hydrogen-bond donors (Lipinski definition) is 0. The zero-order valence-electron chi connectivity index (χ0n) is 25.1. The molecular formula is C25H61Si5Sn+. The molecule has 0 aliphatic carbocycles. The summed E-state index contributed by atoms with van der Waals surface area (Å²) in [6.07, 6.45) is 3.28. The first-order chi connectivity index (χ1) is 13.4. The third kappa shape index (κ3) is 7.20. The average molecular weight is 621 g/mol. The van der Waals surface area contributed by atoms with E-state index in [-0.39, 0.29) is 29.9 Å². The molecule has 1 heterocycles. The Balaban J connectivity index is 0.000000759. The van der Waals surface area contributed by atoms with Crippen LogP contribution in [-0.4, -0.2) is 62.2 Å². The maximum absolute atomic E-state index is 2.72. The van der Waals surface area contributed by atoms with E-state index in [4.69, 9.17) is 0 Å². The molecule has 31 heavy (non-hydrogen) atoms. The van der Waals surface area contributed by atoms with Gasteiger partial charge in [-0.2, -0.15) is 0 Å². The van der Waals surface area contributed by atoms with Crippen LogP contribution < -0.4 is 0 Å². The predicted octanol–water partition coefficient (Wildman–Crippen LogP) is 10.0. The van der Waals surface area contributed by atoms with Crippen molar-refractivity contribution in [2.24, 2.45) is 0 Å². The average Bonchev–Trinajstić information content (AvgIpc) is 2.88. The van der Waals surface area contributed by atoms with Crippen molar-refractivity contribution in [1.82, 2.24) is 0 Å². The molecule has 0 aromatic rings. The topological polar surface area (TPSA) is 0 Å². The van der Waals surface area contributed by atoms with Crippen LogP contribution in [0.5, 0.6) is 0 Å². The van der Waals surface area contributed by atoms with Crippen LogP contribution in [0.2, 0.25) is 101 Å². The van der Waals surface area contributed by atoms with Crippen LogP contribution in [-0.2, 0) is 0 Å². The Kier molecular flexibility index (Phi) is 11.5. The second-order valence-electron chi connectivity index (χ2n) is 15.4. The molecule has 0 spiro atoms. The van der Waals surface area contributed by atoms with Crippen LogP contribution in [0.25, 0.3) is 0 Å². The molecule has 184 valence electrons. The molecule has 0 saturated carbocycles. The van der Waals surface area contributed by atoms with E-state index in [9.17, 15) is 0 Å². The van der Waals surface area contributed by atoms with Gasteiger partial charge in [0.15, 0.2) is 0 Å². The fourth-order valence-corrected chi connectivity index (χ4v) is 59.8. The van der Waals surface area contributed by atoms with Crippen molar-refractivity contribution in [2.45, 2.75) is 155 Å². The van der Waals surface area contributed by atoms with E-state index >= 15 is 0 Å².